The molecule has 2 aromatic carbocycles. The van der Waals surface area contributed by atoms with E-state index in [-0.39, 0.29) is 33.9 Å². The maximum absolute atomic E-state index is 13.3. The highest BCUT2D eigenvalue weighted by molar-refractivity contribution is 7.89. The average molecular weight is 445 g/mol. The number of carbonyl (C=O) groups excluding carboxylic acids is 1. The summed E-state index contributed by atoms with van der Waals surface area (Å²) in [6, 6.07) is 9.61. The maximum atomic E-state index is 13.3. The number of amides is 1. The predicted molar refractivity (Wildman–Crippen MR) is 106 cm³/mol. The lowest BCUT2D eigenvalue weighted by atomic mass is 10.2. The SMILES string of the molecule is O=C(CN(Cc1ccc(F)cc1)S(=O)(=O)c1cc(Cl)ccc1Cl)N1CCCC1. The molecule has 1 saturated heterocycles. The summed E-state index contributed by atoms with van der Waals surface area (Å²) in [6.07, 6.45) is 1.80. The van der Waals surface area contributed by atoms with Crippen LogP contribution in [0, 0.1) is 5.82 Å². The zero-order valence-electron chi connectivity index (χ0n) is 14.9. The number of benzene rings is 2. The fraction of sp³-hybridized carbons (Fsp3) is 0.316. The van der Waals surface area contributed by atoms with Gasteiger partial charge in [0.1, 0.15) is 10.7 Å². The molecule has 0 aliphatic carbocycles. The monoisotopic (exact) mass is 444 g/mol. The standard InChI is InChI=1S/C19H19Cl2FN2O3S/c20-15-5-8-17(21)18(11-15)28(26,27)24(12-14-3-6-16(22)7-4-14)13-19(25)23-9-1-2-10-23/h3-8,11H,1-2,9-10,12-13H2. The third-order valence-corrected chi connectivity index (χ3v) is 7.06. The van der Waals surface area contributed by atoms with Gasteiger partial charge in [0.05, 0.1) is 11.6 Å². The van der Waals surface area contributed by atoms with Crippen molar-refractivity contribution in [2.45, 2.75) is 24.3 Å². The van der Waals surface area contributed by atoms with Crippen molar-refractivity contribution < 1.29 is 17.6 Å². The number of halogens is 3. The number of carbonyl (C=O) groups is 1. The van der Waals surface area contributed by atoms with Gasteiger partial charge in [-0.25, -0.2) is 12.8 Å². The molecule has 0 N–H and O–H groups in total. The van der Waals surface area contributed by atoms with E-state index in [1.807, 2.05) is 0 Å². The van der Waals surface area contributed by atoms with Gasteiger partial charge in [-0.15, -0.1) is 0 Å². The number of nitrogens with zero attached hydrogens (tertiary/aromatic N) is 2. The van der Waals surface area contributed by atoms with Gasteiger partial charge in [-0.05, 0) is 48.7 Å². The lowest BCUT2D eigenvalue weighted by molar-refractivity contribution is -0.130. The Kier molecular flexibility index (Phi) is 6.60. The summed E-state index contributed by atoms with van der Waals surface area (Å²) in [5.41, 5.74) is 0.553. The molecule has 1 aliphatic heterocycles. The molecule has 0 bridgehead atoms. The third-order valence-electron chi connectivity index (χ3n) is 4.55. The maximum Gasteiger partial charge on any atom is 0.245 e. The van der Waals surface area contributed by atoms with Crippen molar-refractivity contribution in [3.63, 3.8) is 0 Å². The highest BCUT2D eigenvalue weighted by atomic mass is 35.5. The molecule has 1 amide bonds. The second kappa shape index (κ2) is 8.78. The topological polar surface area (TPSA) is 57.7 Å². The lowest BCUT2D eigenvalue weighted by Crippen LogP contribution is -2.41. The van der Waals surface area contributed by atoms with Crippen LogP contribution >= 0.6 is 23.2 Å². The minimum Gasteiger partial charge on any atom is -0.342 e. The van der Waals surface area contributed by atoms with Crippen molar-refractivity contribution in [3.05, 3.63) is 63.9 Å². The minimum atomic E-state index is -4.11. The van der Waals surface area contributed by atoms with E-state index in [0.29, 0.717) is 18.7 Å². The lowest BCUT2D eigenvalue weighted by Gasteiger charge is -2.25. The van der Waals surface area contributed by atoms with E-state index < -0.39 is 15.8 Å². The van der Waals surface area contributed by atoms with Gasteiger partial charge in [-0.2, -0.15) is 4.31 Å². The number of hydrogen-bond acceptors (Lipinski definition) is 3. The highest BCUT2D eigenvalue weighted by Crippen LogP contribution is 2.29. The van der Waals surface area contributed by atoms with Crippen molar-refractivity contribution in [2.75, 3.05) is 19.6 Å². The van der Waals surface area contributed by atoms with Gasteiger partial charge < -0.3 is 4.90 Å². The molecule has 1 aliphatic rings. The first kappa shape index (κ1) is 21.0. The molecule has 28 heavy (non-hydrogen) atoms. The van der Waals surface area contributed by atoms with E-state index in [1.54, 1.807) is 4.90 Å². The van der Waals surface area contributed by atoms with Crippen molar-refractivity contribution >= 4 is 39.1 Å². The van der Waals surface area contributed by atoms with E-state index in [0.717, 1.165) is 17.1 Å². The Balaban J connectivity index is 1.94. The van der Waals surface area contributed by atoms with Gasteiger partial charge in [0, 0.05) is 24.7 Å². The number of rotatable bonds is 6. The first-order valence-corrected chi connectivity index (χ1v) is 10.9. The molecule has 1 fully saturated rings. The van der Waals surface area contributed by atoms with E-state index in [2.05, 4.69) is 0 Å². The fourth-order valence-corrected chi connectivity index (χ4v) is 5.17. The first-order chi connectivity index (χ1) is 13.3. The molecule has 0 radical (unpaired) electrons. The van der Waals surface area contributed by atoms with Crippen LogP contribution in [0.15, 0.2) is 47.4 Å². The number of likely N-dealkylation sites (tertiary alicyclic amines) is 1. The Morgan fingerprint density at radius 3 is 2.36 bits per heavy atom. The molecular formula is C19H19Cl2FN2O3S. The Morgan fingerprint density at radius 2 is 1.71 bits per heavy atom. The van der Waals surface area contributed by atoms with Crippen LogP contribution in [0.4, 0.5) is 4.39 Å². The smallest absolute Gasteiger partial charge is 0.245 e. The molecule has 0 atom stereocenters. The van der Waals surface area contributed by atoms with Crippen molar-refractivity contribution in [3.8, 4) is 0 Å². The zero-order chi connectivity index (χ0) is 20.3. The van der Waals surface area contributed by atoms with Gasteiger partial charge in [0.2, 0.25) is 15.9 Å². The van der Waals surface area contributed by atoms with Gasteiger partial charge in [0.25, 0.3) is 0 Å². The van der Waals surface area contributed by atoms with E-state index in [4.69, 9.17) is 23.2 Å². The predicted octanol–water partition coefficient (Wildman–Crippen LogP) is 3.95. The molecule has 3 rings (SSSR count). The summed E-state index contributed by atoms with van der Waals surface area (Å²) in [4.78, 5) is 14.1. The van der Waals surface area contributed by atoms with Crippen LogP contribution in [0.25, 0.3) is 0 Å². The summed E-state index contributed by atoms with van der Waals surface area (Å²) < 4.78 is 40.8. The summed E-state index contributed by atoms with van der Waals surface area (Å²) >= 11 is 12.1. The summed E-state index contributed by atoms with van der Waals surface area (Å²) in [5.74, 6) is -0.703. The number of sulfonamides is 1. The highest BCUT2D eigenvalue weighted by Gasteiger charge is 2.31. The van der Waals surface area contributed by atoms with Crippen molar-refractivity contribution in [1.29, 1.82) is 0 Å². The molecule has 9 heteroatoms. The van der Waals surface area contributed by atoms with Gasteiger partial charge >= 0.3 is 0 Å². The minimum absolute atomic E-state index is 0.0159. The van der Waals surface area contributed by atoms with Crippen LogP contribution in [0.1, 0.15) is 18.4 Å². The first-order valence-electron chi connectivity index (χ1n) is 8.75. The Morgan fingerprint density at radius 1 is 1.07 bits per heavy atom. The Hall–Kier alpha value is -1.67. The molecule has 0 aromatic heterocycles. The van der Waals surface area contributed by atoms with Crippen LogP contribution in [0.2, 0.25) is 10.0 Å². The Bertz CT molecular complexity index is 962. The normalized spacial score (nSPS) is 14.6. The van der Waals surface area contributed by atoms with Crippen LogP contribution < -0.4 is 0 Å². The van der Waals surface area contributed by atoms with Crippen LogP contribution in [-0.4, -0.2) is 43.2 Å². The second-order valence-electron chi connectivity index (χ2n) is 6.56. The molecule has 0 saturated carbocycles. The van der Waals surface area contributed by atoms with Gasteiger partial charge in [-0.3, -0.25) is 4.79 Å². The molecule has 150 valence electrons. The average Bonchev–Trinajstić information content (AvgIpc) is 3.19. The second-order valence-corrected chi connectivity index (χ2v) is 9.31. The van der Waals surface area contributed by atoms with E-state index in [9.17, 15) is 17.6 Å². The summed E-state index contributed by atoms with van der Waals surface area (Å²) in [5, 5.41) is 0.234. The van der Waals surface area contributed by atoms with Gasteiger partial charge in [0.15, 0.2) is 0 Å². The quantitative estimate of drug-likeness (QED) is 0.677. The van der Waals surface area contributed by atoms with Crippen molar-refractivity contribution in [2.24, 2.45) is 0 Å². The van der Waals surface area contributed by atoms with Crippen molar-refractivity contribution in [1.82, 2.24) is 9.21 Å². The Labute approximate surface area is 173 Å². The summed E-state index contributed by atoms with van der Waals surface area (Å²) in [7, 11) is -4.11. The zero-order valence-corrected chi connectivity index (χ0v) is 17.3. The molecule has 0 spiro atoms. The van der Waals surface area contributed by atoms with E-state index >= 15 is 0 Å². The molecular weight excluding hydrogens is 426 g/mol. The van der Waals surface area contributed by atoms with Crippen LogP contribution in [0.3, 0.4) is 0 Å². The molecule has 2 aromatic rings. The molecule has 1 heterocycles. The summed E-state index contributed by atoms with van der Waals surface area (Å²) in [6.45, 7) is 0.802. The fourth-order valence-electron chi connectivity index (χ4n) is 3.05. The number of hydrogen-bond donors (Lipinski definition) is 0. The molecule has 0 unspecified atom stereocenters. The van der Waals surface area contributed by atoms with Gasteiger partial charge in [-0.1, -0.05) is 35.3 Å². The van der Waals surface area contributed by atoms with E-state index in [1.165, 1.54) is 42.5 Å². The van der Waals surface area contributed by atoms with Crippen LogP contribution in [0.5, 0.6) is 0 Å². The largest absolute Gasteiger partial charge is 0.342 e. The third kappa shape index (κ3) is 4.84. The molecule has 5 nitrogen and oxygen atoms in total. The van der Waals surface area contributed by atoms with Crippen LogP contribution in [-0.2, 0) is 21.4 Å².